The monoisotopic (exact) mass is 402 g/mol. The van der Waals surface area contributed by atoms with Crippen molar-refractivity contribution >= 4 is 22.8 Å². The number of benzene rings is 1. The molecule has 0 aliphatic rings. The highest BCUT2D eigenvalue weighted by molar-refractivity contribution is 5.80. The van der Waals surface area contributed by atoms with Gasteiger partial charge in [0.05, 0.1) is 22.3 Å². The molecule has 3 N–H and O–H groups in total. The molecule has 4 rings (SSSR count). The summed E-state index contributed by atoms with van der Waals surface area (Å²) in [5.74, 6) is -1.39. The Morgan fingerprint density at radius 2 is 1.76 bits per heavy atom. The van der Waals surface area contributed by atoms with E-state index < -0.39 is 17.6 Å². The van der Waals surface area contributed by atoms with Gasteiger partial charge in [-0.25, -0.2) is 14.5 Å². The smallest absolute Gasteiger partial charge is 0.381 e. The van der Waals surface area contributed by atoms with Gasteiger partial charge in [0.15, 0.2) is 17.5 Å². The van der Waals surface area contributed by atoms with E-state index >= 15 is 0 Å². The van der Waals surface area contributed by atoms with Crippen molar-refractivity contribution in [3.8, 4) is 11.4 Å². The Labute approximate surface area is 162 Å². The van der Waals surface area contributed by atoms with Gasteiger partial charge in [-0.2, -0.15) is 22.7 Å². The molecular weight excluding hydrogens is 388 g/mol. The largest absolute Gasteiger partial charge is 0.416 e. The van der Waals surface area contributed by atoms with Crippen LogP contribution in [0, 0.1) is 12.7 Å². The first-order valence-corrected chi connectivity index (χ1v) is 8.45. The van der Waals surface area contributed by atoms with E-state index in [0.29, 0.717) is 16.8 Å². The summed E-state index contributed by atoms with van der Waals surface area (Å²) in [4.78, 5) is 8.22. The second-order valence-electron chi connectivity index (χ2n) is 6.29. The Morgan fingerprint density at radius 1 is 1.03 bits per heavy atom. The molecule has 0 radical (unpaired) electrons. The minimum atomic E-state index is -4.46. The number of halogens is 4. The van der Waals surface area contributed by atoms with Crippen LogP contribution in [0.1, 0.15) is 11.3 Å². The molecule has 0 saturated carbocycles. The number of fused-ring (bicyclic) bond motifs is 1. The Balaban J connectivity index is 1.76. The molecule has 6 nitrogen and oxygen atoms in total. The number of rotatable bonds is 3. The normalized spacial score (nSPS) is 11.8. The summed E-state index contributed by atoms with van der Waals surface area (Å²) < 4.78 is 54.3. The standard InChI is InChI=1S/C19H14F4N6/c1-10-14(13-4-2-3-9-29(13)28-10)17-26-16(24)15(20)18(27-17)25-12-7-5-11(6-8-12)19(21,22)23/h2-9H,1H3,(H3,24,25,26,27). The van der Waals surface area contributed by atoms with Crippen LogP contribution in [0.25, 0.3) is 16.9 Å². The van der Waals surface area contributed by atoms with E-state index in [9.17, 15) is 17.6 Å². The molecule has 29 heavy (non-hydrogen) atoms. The van der Waals surface area contributed by atoms with Gasteiger partial charge in [0, 0.05) is 11.9 Å². The van der Waals surface area contributed by atoms with Gasteiger partial charge in [0.2, 0.25) is 5.82 Å². The highest BCUT2D eigenvalue weighted by atomic mass is 19.4. The van der Waals surface area contributed by atoms with Crippen LogP contribution in [-0.4, -0.2) is 19.6 Å². The lowest BCUT2D eigenvalue weighted by atomic mass is 10.2. The van der Waals surface area contributed by atoms with Crippen LogP contribution < -0.4 is 11.1 Å². The zero-order valence-corrected chi connectivity index (χ0v) is 15.0. The lowest BCUT2D eigenvalue weighted by Crippen LogP contribution is -2.07. The molecule has 3 aromatic heterocycles. The summed E-state index contributed by atoms with van der Waals surface area (Å²) in [5.41, 5.74) is 7.02. The maximum atomic E-state index is 14.5. The van der Waals surface area contributed by atoms with Crippen LogP contribution >= 0.6 is 0 Å². The van der Waals surface area contributed by atoms with Crippen LogP contribution in [0.4, 0.5) is 34.9 Å². The third kappa shape index (κ3) is 3.44. The van der Waals surface area contributed by atoms with Gasteiger partial charge >= 0.3 is 6.18 Å². The molecular formula is C19H14F4N6. The molecule has 10 heteroatoms. The minimum Gasteiger partial charge on any atom is -0.381 e. The number of nitrogens with two attached hydrogens (primary N) is 1. The second-order valence-corrected chi connectivity index (χ2v) is 6.29. The van der Waals surface area contributed by atoms with Crippen LogP contribution in [-0.2, 0) is 6.18 Å². The van der Waals surface area contributed by atoms with E-state index in [4.69, 9.17) is 5.73 Å². The molecule has 0 spiro atoms. The summed E-state index contributed by atoms with van der Waals surface area (Å²) in [6, 6.07) is 9.57. The first-order chi connectivity index (χ1) is 13.7. The van der Waals surface area contributed by atoms with Crippen molar-refractivity contribution in [1.29, 1.82) is 0 Å². The van der Waals surface area contributed by atoms with E-state index in [2.05, 4.69) is 20.4 Å². The molecule has 0 aliphatic heterocycles. The fraction of sp³-hybridized carbons (Fsp3) is 0.105. The van der Waals surface area contributed by atoms with Gasteiger partial charge in [-0.15, -0.1) is 0 Å². The van der Waals surface area contributed by atoms with E-state index in [1.807, 2.05) is 6.07 Å². The third-order valence-electron chi connectivity index (χ3n) is 4.29. The first-order valence-electron chi connectivity index (χ1n) is 8.45. The molecule has 0 bridgehead atoms. The van der Waals surface area contributed by atoms with Crippen molar-refractivity contribution < 1.29 is 17.6 Å². The number of nitrogens with one attached hydrogen (secondary N) is 1. The molecule has 4 aromatic rings. The van der Waals surface area contributed by atoms with E-state index in [-0.39, 0.29) is 23.1 Å². The number of nitrogens with zero attached hydrogens (tertiary/aromatic N) is 4. The number of hydrogen-bond acceptors (Lipinski definition) is 5. The minimum absolute atomic E-state index is 0.150. The quantitative estimate of drug-likeness (QED) is 0.490. The predicted octanol–water partition coefficient (Wildman–Crippen LogP) is 4.58. The lowest BCUT2D eigenvalue weighted by molar-refractivity contribution is -0.137. The summed E-state index contributed by atoms with van der Waals surface area (Å²) in [6.07, 6.45) is -2.71. The Bertz CT molecular complexity index is 1200. The molecule has 0 saturated heterocycles. The topological polar surface area (TPSA) is 81.1 Å². The van der Waals surface area contributed by atoms with Gasteiger partial charge in [-0.1, -0.05) is 6.07 Å². The molecule has 148 valence electrons. The highest BCUT2D eigenvalue weighted by Crippen LogP contribution is 2.32. The van der Waals surface area contributed by atoms with E-state index in [1.54, 1.807) is 29.8 Å². The maximum Gasteiger partial charge on any atom is 0.416 e. The fourth-order valence-corrected chi connectivity index (χ4v) is 2.93. The predicted molar refractivity (Wildman–Crippen MR) is 100 cm³/mol. The zero-order valence-electron chi connectivity index (χ0n) is 15.0. The lowest BCUT2D eigenvalue weighted by Gasteiger charge is -2.11. The van der Waals surface area contributed by atoms with Crippen LogP contribution in [0.5, 0.6) is 0 Å². The average molecular weight is 402 g/mol. The van der Waals surface area contributed by atoms with Crippen molar-refractivity contribution in [2.75, 3.05) is 11.1 Å². The van der Waals surface area contributed by atoms with Gasteiger partial charge in [-0.3, -0.25) is 0 Å². The molecule has 0 atom stereocenters. The number of anilines is 3. The average Bonchev–Trinajstić information content (AvgIpc) is 3.00. The molecule has 0 fully saturated rings. The zero-order chi connectivity index (χ0) is 20.8. The molecule has 0 amide bonds. The summed E-state index contributed by atoms with van der Waals surface area (Å²) in [7, 11) is 0. The van der Waals surface area contributed by atoms with Crippen LogP contribution in [0.15, 0.2) is 48.7 Å². The summed E-state index contributed by atoms with van der Waals surface area (Å²) in [5, 5.41) is 7.02. The Morgan fingerprint density at radius 3 is 2.45 bits per heavy atom. The second kappa shape index (κ2) is 6.73. The molecule has 3 heterocycles. The van der Waals surface area contributed by atoms with Crippen molar-refractivity contribution in [2.45, 2.75) is 13.1 Å². The third-order valence-corrected chi connectivity index (χ3v) is 4.29. The first kappa shape index (κ1) is 18.7. The fourth-order valence-electron chi connectivity index (χ4n) is 2.93. The Kier molecular flexibility index (Phi) is 4.33. The Hall–Kier alpha value is -3.69. The number of alkyl halides is 3. The van der Waals surface area contributed by atoms with Crippen molar-refractivity contribution in [3.05, 3.63) is 65.7 Å². The summed E-state index contributed by atoms with van der Waals surface area (Å²) >= 11 is 0. The summed E-state index contributed by atoms with van der Waals surface area (Å²) in [6.45, 7) is 1.76. The van der Waals surface area contributed by atoms with Gasteiger partial charge in [0.25, 0.3) is 0 Å². The van der Waals surface area contributed by atoms with Gasteiger partial charge in [-0.05, 0) is 43.3 Å². The van der Waals surface area contributed by atoms with Crippen LogP contribution in [0.2, 0.25) is 0 Å². The number of pyridine rings is 1. The molecule has 0 aliphatic carbocycles. The van der Waals surface area contributed by atoms with E-state index in [0.717, 1.165) is 12.1 Å². The maximum absolute atomic E-state index is 14.5. The van der Waals surface area contributed by atoms with Gasteiger partial charge < -0.3 is 11.1 Å². The van der Waals surface area contributed by atoms with Crippen molar-refractivity contribution in [1.82, 2.24) is 19.6 Å². The van der Waals surface area contributed by atoms with Gasteiger partial charge in [0.1, 0.15) is 0 Å². The number of aryl methyl sites for hydroxylation is 1. The van der Waals surface area contributed by atoms with Crippen molar-refractivity contribution in [3.63, 3.8) is 0 Å². The molecule has 0 unspecified atom stereocenters. The highest BCUT2D eigenvalue weighted by Gasteiger charge is 2.30. The number of aromatic nitrogens is 4. The van der Waals surface area contributed by atoms with E-state index in [1.165, 1.54) is 12.1 Å². The SMILES string of the molecule is Cc1nn2ccccc2c1-c1nc(N)c(F)c(Nc2ccc(C(F)(F)F)cc2)n1. The van der Waals surface area contributed by atoms with Crippen LogP contribution in [0.3, 0.4) is 0 Å². The number of hydrogen-bond donors (Lipinski definition) is 2. The number of nitrogen functional groups attached to an aromatic ring is 1. The molecule has 1 aromatic carbocycles. The van der Waals surface area contributed by atoms with Crippen molar-refractivity contribution in [2.24, 2.45) is 0 Å².